The number of nitrogens with zero attached hydrogens (tertiary/aromatic N) is 3. The van der Waals surface area contributed by atoms with E-state index in [4.69, 9.17) is 4.74 Å². The molecule has 1 amide bonds. The minimum Gasteiger partial charge on any atom is -0.497 e. The number of carbonyl (C=O) groups is 1. The predicted octanol–water partition coefficient (Wildman–Crippen LogP) is 4.71. The fraction of sp³-hybridized carbons (Fsp3) is 0.286. The van der Waals surface area contributed by atoms with E-state index >= 15 is 0 Å². The van der Waals surface area contributed by atoms with Gasteiger partial charge in [0.2, 0.25) is 5.91 Å². The molecular formula is C21H23FN4O2S. The summed E-state index contributed by atoms with van der Waals surface area (Å²) in [7, 11) is 1.62. The maximum absolute atomic E-state index is 13.6. The van der Waals surface area contributed by atoms with Crippen LogP contribution in [0.2, 0.25) is 0 Å². The Hall–Kier alpha value is -2.87. The molecule has 0 bridgehead atoms. The monoisotopic (exact) mass is 414 g/mol. The summed E-state index contributed by atoms with van der Waals surface area (Å²) >= 11 is 1.29. The van der Waals surface area contributed by atoms with E-state index in [1.807, 2.05) is 42.7 Å². The fourth-order valence-corrected chi connectivity index (χ4v) is 3.64. The van der Waals surface area contributed by atoms with Gasteiger partial charge in [0.25, 0.3) is 0 Å². The first-order chi connectivity index (χ1) is 13.9. The van der Waals surface area contributed by atoms with E-state index in [0.717, 1.165) is 17.1 Å². The highest BCUT2D eigenvalue weighted by Gasteiger charge is 2.18. The number of aromatic nitrogens is 3. The van der Waals surface area contributed by atoms with Crippen molar-refractivity contribution in [2.75, 3.05) is 18.2 Å². The van der Waals surface area contributed by atoms with Gasteiger partial charge in [0.1, 0.15) is 11.6 Å². The van der Waals surface area contributed by atoms with E-state index in [1.54, 1.807) is 26.2 Å². The predicted molar refractivity (Wildman–Crippen MR) is 113 cm³/mol. The Balaban J connectivity index is 1.72. The van der Waals surface area contributed by atoms with Gasteiger partial charge >= 0.3 is 0 Å². The lowest BCUT2D eigenvalue weighted by molar-refractivity contribution is -0.113. The minimum atomic E-state index is -0.348. The molecule has 1 N–H and O–H groups in total. The smallest absolute Gasteiger partial charge is 0.234 e. The normalized spacial score (nSPS) is 11.0. The molecule has 0 aliphatic heterocycles. The highest BCUT2D eigenvalue weighted by Crippen LogP contribution is 2.28. The van der Waals surface area contributed by atoms with Gasteiger partial charge < -0.3 is 10.1 Å². The number of ether oxygens (including phenoxy) is 1. The zero-order valence-electron chi connectivity index (χ0n) is 16.8. The molecule has 152 valence electrons. The van der Waals surface area contributed by atoms with E-state index < -0.39 is 0 Å². The molecule has 3 rings (SSSR count). The number of anilines is 1. The second kappa shape index (κ2) is 9.09. The number of halogens is 1. The summed E-state index contributed by atoms with van der Waals surface area (Å²) in [6.07, 6.45) is 0. The Morgan fingerprint density at radius 2 is 1.93 bits per heavy atom. The van der Waals surface area contributed by atoms with Crippen LogP contribution in [0.1, 0.15) is 25.5 Å². The molecule has 0 unspecified atom stereocenters. The van der Waals surface area contributed by atoms with Gasteiger partial charge in [0.05, 0.1) is 12.9 Å². The van der Waals surface area contributed by atoms with Crippen LogP contribution in [0.25, 0.3) is 11.4 Å². The van der Waals surface area contributed by atoms with E-state index in [-0.39, 0.29) is 23.5 Å². The highest BCUT2D eigenvalue weighted by molar-refractivity contribution is 7.99. The van der Waals surface area contributed by atoms with Gasteiger partial charge in [0, 0.05) is 17.3 Å². The van der Waals surface area contributed by atoms with Crippen molar-refractivity contribution < 1.29 is 13.9 Å². The Morgan fingerprint density at radius 3 is 2.55 bits per heavy atom. The highest BCUT2D eigenvalue weighted by atomic mass is 32.2. The molecule has 0 aliphatic rings. The molecule has 1 aromatic heterocycles. The molecule has 2 aromatic carbocycles. The zero-order valence-corrected chi connectivity index (χ0v) is 17.6. The number of methoxy groups -OCH3 is 1. The van der Waals surface area contributed by atoms with Crippen LogP contribution in [0.15, 0.2) is 47.6 Å². The molecule has 0 atom stereocenters. The largest absolute Gasteiger partial charge is 0.497 e. The van der Waals surface area contributed by atoms with Crippen molar-refractivity contribution in [2.45, 2.75) is 32.0 Å². The molecule has 0 radical (unpaired) electrons. The number of aryl methyl sites for hydroxylation is 1. The Morgan fingerprint density at radius 1 is 1.21 bits per heavy atom. The van der Waals surface area contributed by atoms with E-state index in [0.29, 0.717) is 16.4 Å². The quantitative estimate of drug-likeness (QED) is 0.567. The van der Waals surface area contributed by atoms with Gasteiger partial charge in [-0.25, -0.2) is 4.39 Å². The van der Waals surface area contributed by atoms with E-state index in [2.05, 4.69) is 15.5 Å². The molecule has 1 heterocycles. The zero-order chi connectivity index (χ0) is 21.0. The number of rotatable bonds is 7. The summed E-state index contributed by atoms with van der Waals surface area (Å²) in [5.74, 6) is 1.05. The van der Waals surface area contributed by atoms with Crippen LogP contribution in [-0.2, 0) is 4.79 Å². The van der Waals surface area contributed by atoms with Crippen molar-refractivity contribution in [3.05, 3.63) is 53.8 Å². The van der Waals surface area contributed by atoms with Gasteiger partial charge in [-0.15, -0.1) is 10.2 Å². The summed E-state index contributed by atoms with van der Waals surface area (Å²) < 4.78 is 20.8. The maximum atomic E-state index is 13.6. The standard InChI is InChI=1S/C21H23FN4O2S/c1-13(2)26-20(15-6-9-17(28-4)10-7-15)24-25-21(26)29-12-19(27)23-16-8-5-14(3)18(22)11-16/h5-11,13H,12H2,1-4H3,(H,23,27). The first-order valence-electron chi connectivity index (χ1n) is 9.17. The second-order valence-electron chi connectivity index (χ2n) is 6.80. The number of thioether (sulfide) groups is 1. The number of nitrogens with one attached hydrogen (secondary N) is 1. The van der Waals surface area contributed by atoms with Crippen LogP contribution >= 0.6 is 11.8 Å². The van der Waals surface area contributed by atoms with Crippen molar-refractivity contribution in [3.8, 4) is 17.1 Å². The van der Waals surface area contributed by atoms with E-state index in [1.165, 1.54) is 17.8 Å². The van der Waals surface area contributed by atoms with Gasteiger partial charge in [-0.2, -0.15) is 0 Å². The molecule has 3 aromatic rings. The number of benzene rings is 2. The molecule has 0 aliphatic carbocycles. The summed E-state index contributed by atoms with van der Waals surface area (Å²) in [6, 6.07) is 12.3. The molecule has 0 fully saturated rings. The molecule has 8 heteroatoms. The number of hydrogen-bond donors (Lipinski definition) is 1. The van der Waals surface area contributed by atoms with Crippen LogP contribution < -0.4 is 10.1 Å². The van der Waals surface area contributed by atoms with Crippen LogP contribution in [-0.4, -0.2) is 33.5 Å². The second-order valence-corrected chi connectivity index (χ2v) is 7.74. The third kappa shape index (κ3) is 4.95. The number of amides is 1. The Labute approximate surface area is 173 Å². The van der Waals surface area contributed by atoms with Gasteiger partial charge in [0.15, 0.2) is 11.0 Å². The topological polar surface area (TPSA) is 69.0 Å². The Bertz CT molecular complexity index is 1000. The molecule has 0 saturated heterocycles. The van der Waals surface area contributed by atoms with Crippen molar-refractivity contribution in [2.24, 2.45) is 0 Å². The van der Waals surface area contributed by atoms with Gasteiger partial charge in [-0.1, -0.05) is 17.8 Å². The SMILES string of the molecule is COc1ccc(-c2nnc(SCC(=O)Nc3ccc(C)c(F)c3)n2C(C)C)cc1. The molecule has 29 heavy (non-hydrogen) atoms. The molecular weight excluding hydrogens is 391 g/mol. The van der Waals surface area contributed by atoms with Crippen molar-refractivity contribution >= 4 is 23.4 Å². The lowest BCUT2D eigenvalue weighted by Crippen LogP contribution is -2.15. The average molecular weight is 415 g/mol. The number of hydrogen-bond acceptors (Lipinski definition) is 5. The van der Waals surface area contributed by atoms with Crippen molar-refractivity contribution in [3.63, 3.8) is 0 Å². The van der Waals surface area contributed by atoms with E-state index in [9.17, 15) is 9.18 Å². The molecule has 6 nitrogen and oxygen atoms in total. The Kier molecular flexibility index (Phi) is 6.53. The number of carbonyl (C=O) groups excluding carboxylic acids is 1. The lowest BCUT2D eigenvalue weighted by atomic mass is 10.2. The maximum Gasteiger partial charge on any atom is 0.234 e. The first-order valence-corrected chi connectivity index (χ1v) is 10.2. The summed E-state index contributed by atoms with van der Waals surface area (Å²) in [4.78, 5) is 12.3. The van der Waals surface area contributed by atoms with Gasteiger partial charge in [-0.05, 0) is 62.7 Å². The summed E-state index contributed by atoms with van der Waals surface area (Å²) in [5.41, 5.74) is 1.88. The molecule has 0 saturated carbocycles. The van der Waals surface area contributed by atoms with Gasteiger partial charge in [-0.3, -0.25) is 9.36 Å². The summed E-state index contributed by atoms with van der Waals surface area (Å²) in [6.45, 7) is 5.75. The fourth-order valence-electron chi connectivity index (χ4n) is 2.78. The van der Waals surface area contributed by atoms with Crippen LogP contribution in [0.3, 0.4) is 0 Å². The molecule has 0 spiro atoms. The minimum absolute atomic E-state index is 0.110. The third-order valence-corrected chi connectivity index (χ3v) is 5.26. The lowest BCUT2D eigenvalue weighted by Gasteiger charge is -2.14. The average Bonchev–Trinajstić information content (AvgIpc) is 3.13. The van der Waals surface area contributed by atoms with Crippen molar-refractivity contribution in [1.29, 1.82) is 0 Å². The van der Waals surface area contributed by atoms with Crippen molar-refractivity contribution in [1.82, 2.24) is 14.8 Å². The third-order valence-electron chi connectivity index (χ3n) is 4.32. The van der Waals surface area contributed by atoms with Crippen LogP contribution in [0.5, 0.6) is 5.75 Å². The first kappa shape index (κ1) is 20.9. The summed E-state index contributed by atoms with van der Waals surface area (Å²) in [5, 5.41) is 11.9. The van der Waals surface area contributed by atoms with Crippen LogP contribution in [0, 0.1) is 12.7 Å². The van der Waals surface area contributed by atoms with Crippen LogP contribution in [0.4, 0.5) is 10.1 Å².